The predicted octanol–water partition coefficient (Wildman–Crippen LogP) is 1.96. The van der Waals surface area contributed by atoms with Crippen LogP contribution in [0, 0.1) is 0 Å². The summed E-state index contributed by atoms with van der Waals surface area (Å²) in [5.41, 5.74) is -1.27. The lowest BCUT2D eigenvalue weighted by molar-refractivity contribution is 0.0692. The van der Waals surface area contributed by atoms with Crippen molar-refractivity contribution < 1.29 is 19.4 Å². The van der Waals surface area contributed by atoms with Gasteiger partial charge in [-0.1, -0.05) is 0 Å². The van der Waals surface area contributed by atoms with E-state index in [-0.39, 0.29) is 15.8 Å². The van der Waals surface area contributed by atoms with Crippen molar-refractivity contribution in [3.05, 3.63) is 38.7 Å². The largest absolute Gasteiger partial charge is 0.507 e. The lowest BCUT2D eigenvalue weighted by Crippen LogP contribution is -2.12. The van der Waals surface area contributed by atoms with Gasteiger partial charge in [-0.05, 0) is 34.1 Å². The molecule has 0 fully saturated rings. The number of carbonyl (C=O) groups is 1. The molecule has 6 heteroatoms. The number of hydrogen-bond donors (Lipinski definition) is 2. The Hall–Kier alpha value is -1.82. The average Bonchev–Trinajstić information content (AvgIpc) is 2.23. The third-order valence-electron chi connectivity index (χ3n) is 2.05. The van der Waals surface area contributed by atoms with Gasteiger partial charge in [-0.25, -0.2) is 9.59 Å². The summed E-state index contributed by atoms with van der Waals surface area (Å²) in [5.74, 6) is -1.43. The van der Waals surface area contributed by atoms with E-state index in [1.165, 1.54) is 18.2 Å². The molecular formula is C10H5BrO5. The number of carboxylic acids is 1. The summed E-state index contributed by atoms with van der Waals surface area (Å²) in [6.45, 7) is 0. The Morgan fingerprint density at radius 3 is 2.69 bits per heavy atom. The van der Waals surface area contributed by atoms with Crippen LogP contribution in [0.1, 0.15) is 10.4 Å². The number of aromatic hydroxyl groups is 1. The SMILES string of the molecule is O=C(O)c1cc2ccc(O)c(Br)c2oc1=O. The molecule has 0 unspecified atom stereocenters. The van der Waals surface area contributed by atoms with E-state index in [4.69, 9.17) is 9.52 Å². The summed E-state index contributed by atoms with van der Waals surface area (Å²) in [7, 11) is 0. The van der Waals surface area contributed by atoms with Crippen molar-refractivity contribution in [2.75, 3.05) is 0 Å². The molecule has 0 amide bonds. The van der Waals surface area contributed by atoms with Crippen molar-refractivity contribution in [1.29, 1.82) is 0 Å². The fourth-order valence-electron chi connectivity index (χ4n) is 1.29. The van der Waals surface area contributed by atoms with Gasteiger partial charge in [0.2, 0.25) is 0 Å². The van der Waals surface area contributed by atoms with Crippen LogP contribution in [0.3, 0.4) is 0 Å². The second-order valence-electron chi connectivity index (χ2n) is 3.07. The Labute approximate surface area is 97.1 Å². The summed E-state index contributed by atoms with van der Waals surface area (Å²) in [6.07, 6.45) is 0. The van der Waals surface area contributed by atoms with Crippen LogP contribution >= 0.6 is 15.9 Å². The zero-order chi connectivity index (χ0) is 11.9. The Morgan fingerprint density at radius 2 is 2.06 bits per heavy atom. The molecule has 1 heterocycles. The maximum atomic E-state index is 11.3. The van der Waals surface area contributed by atoms with Crippen LogP contribution in [0.15, 0.2) is 31.9 Å². The van der Waals surface area contributed by atoms with E-state index in [2.05, 4.69) is 15.9 Å². The second kappa shape index (κ2) is 3.64. The molecule has 0 spiro atoms. The minimum atomic E-state index is -1.35. The van der Waals surface area contributed by atoms with Gasteiger partial charge in [0.05, 0.1) is 0 Å². The number of halogens is 1. The Balaban J connectivity index is 2.89. The normalized spacial score (nSPS) is 10.6. The summed E-state index contributed by atoms with van der Waals surface area (Å²) in [5, 5.41) is 18.5. The first-order valence-corrected chi connectivity index (χ1v) is 4.98. The van der Waals surface area contributed by atoms with E-state index in [1.54, 1.807) is 0 Å². The number of rotatable bonds is 1. The Bertz CT molecular complexity index is 643. The smallest absolute Gasteiger partial charge is 0.351 e. The lowest BCUT2D eigenvalue weighted by atomic mass is 10.2. The van der Waals surface area contributed by atoms with Crippen molar-refractivity contribution in [2.24, 2.45) is 0 Å². The van der Waals surface area contributed by atoms with E-state index in [0.29, 0.717) is 5.39 Å². The molecule has 0 atom stereocenters. The van der Waals surface area contributed by atoms with E-state index in [0.717, 1.165) is 0 Å². The zero-order valence-electron chi connectivity index (χ0n) is 7.73. The third-order valence-corrected chi connectivity index (χ3v) is 2.82. The summed E-state index contributed by atoms with van der Waals surface area (Å²) >= 11 is 3.05. The zero-order valence-corrected chi connectivity index (χ0v) is 9.32. The van der Waals surface area contributed by atoms with Crippen molar-refractivity contribution >= 4 is 32.9 Å². The second-order valence-corrected chi connectivity index (χ2v) is 3.86. The van der Waals surface area contributed by atoms with Crippen LogP contribution in [0.25, 0.3) is 11.0 Å². The standard InChI is InChI=1S/C10H5BrO5/c11-7-6(12)2-1-4-3-5(9(13)14)10(15)16-8(4)7/h1-3,12H,(H,13,14). The molecule has 0 aliphatic heterocycles. The van der Waals surface area contributed by atoms with Gasteiger partial charge >= 0.3 is 11.6 Å². The number of hydrogen-bond acceptors (Lipinski definition) is 4. The van der Waals surface area contributed by atoms with E-state index >= 15 is 0 Å². The lowest BCUT2D eigenvalue weighted by Gasteiger charge is -2.02. The number of phenols is 1. The van der Waals surface area contributed by atoms with Gasteiger partial charge in [0, 0.05) is 5.39 Å². The van der Waals surface area contributed by atoms with Gasteiger partial charge in [-0.3, -0.25) is 0 Å². The molecule has 0 saturated heterocycles. The number of aromatic carboxylic acids is 1. The van der Waals surface area contributed by atoms with E-state index < -0.39 is 17.2 Å². The van der Waals surface area contributed by atoms with Gasteiger partial charge in [0.15, 0.2) is 5.58 Å². The predicted molar refractivity (Wildman–Crippen MR) is 58.8 cm³/mol. The van der Waals surface area contributed by atoms with Gasteiger partial charge in [0.25, 0.3) is 0 Å². The number of benzene rings is 1. The van der Waals surface area contributed by atoms with E-state index in [1.807, 2.05) is 0 Å². The molecule has 2 aromatic rings. The fraction of sp³-hybridized carbons (Fsp3) is 0. The quantitative estimate of drug-likeness (QED) is 0.782. The minimum Gasteiger partial charge on any atom is -0.507 e. The average molecular weight is 285 g/mol. The van der Waals surface area contributed by atoms with Gasteiger partial charge < -0.3 is 14.6 Å². The molecular weight excluding hydrogens is 280 g/mol. The fourth-order valence-corrected chi connectivity index (χ4v) is 1.73. The molecule has 0 radical (unpaired) electrons. The third kappa shape index (κ3) is 1.57. The highest BCUT2D eigenvalue weighted by Crippen LogP contribution is 2.31. The highest BCUT2D eigenvalue weighted by atomic mass is 79.9. The van der Waals surface area contributed by atoms with Gasteiger partial charge in [0.1, 0.15) is 15.8 Å². The van der Waals surface area contributed by atoms with Crippen LogP contribution in [-0.4, -0.2) is 16.2 Å². The highest BCUT2D eigenvalue weighted by Gasteiger charge is 2.14. The van der Waals surface area contributed by atoms with Gasteiger partial charge in [-0.15, -0.1) is 0 Å². The first kappa shape index (κ1) is 10.7. The van der Waals surface area contributed by atoms with Crippen LogP contribution in [0.5, 0.6) is 5.75 Å². The number of carboxylic acid groups (broad SMARTS) is 1. The van der Waals surface area contributed by atoms with Gasteiger partial charge in [-0.2, -0.15) is 0 Å². The minimum absolute atomic E-state index is 0.0845. The first-order valence-electron chi connectivity index (χ1n) is 4.19. The molecule has 16 heavy (non-hydrogen) atoms. The molecule has 1 aromatic heterocycles. The number of fused-ring (bicyclic) bond motifs is 1. The van der Waals surface area contributed by atoms with Crippen LogP contribution in [0.2, 0.25) is 0 Å². The number of phenolic OH excluding ortho intramolecular Hbond substituents is 1. The molecule has 2 N–H and O–H groups in total. The van der Waals surface area contributed by atoms with Crippen LogP contribution < -0.4 is 5.63 Å². The topological polar surface area (TPSA) is 87.7 Å². The van der Waals surface area contributed by atoms with E-state index in [9.17, 15) is 14.7 Å². The maximum Gasteiger partial charge on any atom is 0.351 e. The molecule has 0 aliphatic carbocycles. The molecule has 0 saturated carbocycles. The summed E-state index contributed by atoms with van der Waals surface area (Å²) < 4.78 is 5.04. The summed E-state index contributed by atoms with van der Waals surface area (Å²) in [6, 6.07) is 4.04. The molecule has 0 bridgehead atoms. The molecule has 1 aromatic carbocycles. The monoisotopic (exact) mass is 284 g/mol. The summed E-state index contributed by atoms with van der Waals surface area (Å²) in [4.78, 5) is 22.0. The van der Waals surface area contributed by atoms with Crippen LogP contribution in [0.4, 0.5) is 0 Å². The van der Waals surface area contributed by atoms with Crippen molar-refractivity contribution in [3.63, 3.8) is 0 Å². The molecule has 5 nitrogen and oxygen atoms in total. The Kier molecular flexibility index (Phi) is 2.43. The maximum absolute atomic E-state index is 11.3. The van der Waals surface area contributed by atoms with Crippen LogP contribution in [-0.2, 0) is 0 Å². The highest BCUT2D eigenvalue weighted by molar-refractivity contribution is 9.10. The van der Waals surface area contributed by atoms with Crippen molar-refractivity contribution in [3.8, 4) is 5.75 Å². The Morgan fingerprint density at radius 1 is 1.38 bits per heavy atom. The van der Waals surface area contributed by atoms with Crippen molar-refractivity contribution in [2.45, 2.75) is 0 Å². The van der Waals surface area contributed by atoms with Crippen molar-refractivity contribution in [1.82, 2.24) is 0 Å². The first-order chi connectivity index (χ1) is 7.50. The molecule has 0 aliphatic rings. The molecule has 2 rings (SSSR count). The molecule has 82 valence electrons.